The molecule has 0 aromatic heterocycles. The smallest absolute Gasteiger partial charge is 0.301 e. The molecule has 3 aliphatic carbocycles. The molecule has 1 saturated carbocycles. The Morgan fingerprint density at radius 3 is 2.80 bits per heavy atom. The number of nitrogens with zero attached hydrogens (tertiary/aromatic N) is 4. The number of likely N-dealkylation sites (tertiary alicyclic amines) is 1. The zero-order valence-corrected chi connectivity index (χ0v) is 19.3. The Kier molecular flexibility index (Phi) is 4.75. The highest BCUT2D eigenvalue weighted by atomic mass is 16.6. The number of piperidine rings is 1. The summed E-state index contributed by atoms with van der Waals surface area (Å²) in [7, 11) is 3.83. The summed E-state index contributed by atoms with van der Waals surface area (Å²) >= 11 is 0. The molecule has 1 N–H and O–H groups in total. The number of hydrogen-bond acceptors (Lipinski definition) is 9. The summed E-state index contributed by atoms with van der Waals surface area (Å²) in [6.07, 6.45) is 10.1. The molecule has 2 saturated heterocycles. The molecule has 35 heavy (non-hydrogen) atoms. The lowest BCUT2D eigenvalue weighted by atomic mass is 9.48. The van der Waals surface area contributed by atoms with Gasteiger partial charge in [0.15, 0.2) is 5.76 Å². The normalized spacial score (nSPS) is 35.5. The van der Waals surface area contributed by atoms with Gasteiger partial charge < -0.3 is 14.4 Å². The van der Waals surface area contributed by atoms with E-state index in [9.17, 15) is 20.2 Å². The Bertz CT molecular complexity index is 1250. The van der Waals surface area contributed by atoms with Crippen LogP contribution in [0.1, 0.15) is 12.8 Å². The van der Waals surface area contributed by atoms with Gasteiger partial charge in [0.05, 0.1) is 23.0 Å². The average Bonchev–Trinajstić information content (AvgIpc) is 3.20. The van der Waals surface area contributed by atoms with E-state index in [4.69, 9.17) is 9.47 Å². The molecule has 1 aromatic carbocycles. The van der Waals surface area contributed by atoms with E-state index < -0.39 is 15.5 Å². The predicted octanol–water partition coefficient (Wildman–Crippen LogP) is 3.61. The monoisotopic (exact) mass is 479 g/mol. The molecule has 1 spiro atoms. The number of methoxy groups -OCH3 is 1. The lowest BCUT2D eigenvalue weighted by Gasteiger charge is -2.59. The maximum absolute atomic E-state index is 11.6. The van der Waals surface area contributed by atoms with E-state index in [0.29, 0.717) is 23.6 Å². The van der Waals surface area contributed by atoms with Crippen LogP contribution in [0.2, 0.25) is 0 Å². The van der Waals surface area contributed by atoms with Gasteiger partial charge in [-0.1, -0.05) is 12.2 Å². The highest BCUT2D eigenvalue weighted by molar-refractivity contribution is 6.01. The second kappa shape index (κ2) is 7.64. The molecule has 3 fully saturated rings. The first kappa shape index (κ1) is 21.8. The summed E-state index contributed by atoms with van der Waals surface area (Å²) in [5.41, 5.74) is 2.58. The fourth-order valence-electron chi connectivity index (χ4n) is 6.95. The summed E-state index contributed by atoms with van der Waals surface area (Å²) < 4.78 is 12.3. The van der Waals surface area contributed by atoms with Crippen LogP contribution in [0.3, 0.4) is 0 Å². The summed E-state index contributed by atoms with van der Waals surface area (Å²) in [6, 6.07) is 3.85. The quantitative estimate of drug-likeness (QED) is 0.500. The number of non-ortho nitro benzene ring substituents is 1. The summed E-state index contributed by atoms with van der Waals surface area (Å²) in [5.74, 6) is 2.43. The van der Waals surface area contributed by atoms with Crippen molar-refractivity contribution in [1.82, 2.24) is 4.90 Å². The van der Waals surface area contributed by atoms with Gasteiger partial charge in [-0.3, -0.25) is 25.7 Å². The third kappa shape index (κ3) is 2.97. The van der Waals surface area contributed by atoms with E-state index in [1.54, 1.807) is 7.11 Å². The topological polar surface area (TPSA) is 132 Å². The number of nitrogens with one attached hydrogen (secondary N) is 1. The van der Waals surface area contributed by atoms with E-state index in [2.05, 4.69) is 34.6 Å². The van der Waals surface area contributed by atoms with Gasteiger partial charge in [-0.25, -0.2) is 0 Å². The molecule has 2 bridgehead atoms. The highest BCUT2D eigenvalue weighted by Crippen LogP contribution is 2.66. The number of nitro groups is 2. The van der Waals surface area contributed by atoms with Crippen LogP contribution in [0.4, 0.5) is 17.1 Å². The minimum absolute atomic E-state index is 0.0813. The Morgan fingerprint density at radius 2 is 2.06 bits per heavy atom. The number of hydrazone groups is 1. The van der Waals surface area contributed by atoms with Gasteiger partial charge in [0.2, 0.25) is 0 Å². The number of nitro benzene ring substituents is 2. The van der Waals surface area contributed by atoms with Crippen molar-refractivity contribution < 1.29 is 19.3 Å². The second-order valence-electron chi connectivity index (χ2n) is 9.83. The summed E-state index contributed by atoms with van der Waals surface area (Å²) in [6.45, 7) is 0.950. The number of hydrogen-bond donors (Lipinski definition) is 1. The number of ether oxygens (including phenoxy) is 2. The molecular weight excluding hydrogens is 454 g/mol. The maximum atomic E-state index is 11.6. The molecule has 2 unspecified atom stereocenters. The highest BCUT2D eigenvalue weighted by Gasteiger charge is 2.69. The van der Waals surface area contributed by atoms with Crippen molar-refractivity contribution in [3.63, 3.8) is 0 Å². The lowest BCUT2D eigenvalue weighted by Crippen LogP contribution is -2.64. The molecule has 6 rings (SSSR count). The Hall–Kier alpha value is -3.73. The van der Waals surface area contributed by atoms with Crippen LogP contribution in [0.25, 0.3) is 0 Å². The fourth-order valence-corrected chi connectivity index (χ4v) is 6.95. The van der Waals surface area contributed by atoms with Gasteiger partial charge in [0.1, 0.15) is 23.3 Å². The zero-order chi connectivity index (χ0) is 24.5. The van der Waals surface area contributed by atoms with Crippen molar-refractivity contribution >= 4 is 22.8 Å². The first-order valence-electron chi connectivity index (χ1n) is 11.6. The molecule has 11 nitrogen and oxygen atoms in total. The first-order chi connectivity index (χ1) is 16.8. The average molecular weight is 479 g/mol. The number of anilines is 1. The van der Waals surface area contributed by atoms with Crippen LogP contribution >= 0.6 is 0 Å². The van der Waals surface area contributed by atoms with Crippen LogP contribution in [-0.4, -0.2) is 53.3 Å². The van der Waals surface area contributed by atoms with E-state index in [-0.39, 0.29) is 28.8 Å². The SMILES string of the molecule is COC1=C2O[C@H]3C(=NNc4ccc([N+](=O)[O-])cc4[N+](=O)[O-])C=C[C@H]4[C@H]5CC(C=C1)C2[C@@]34CCN5C. The van der Waals surface area contributed by atoms with Gasteiger partial charge in [0, 0.05) is 29.4 Å². The molecule has 6 atom stereocenters. The van der Waals surface area contributed by atoms with Gasteiger partial charge in [-0.05, 0) is 50.6 Å². The fraction of sp³-hybridized carbons (Fsp3) is 0.458. The predicted molar refractivity (Wildman–Crippen MR) is 127 cm³/mol. The number of allylic oxidation sites excluding steroid dienone is 3. The van der Waals surface area contributed by atoms with E-state index in [0.717, 1.165) is 37.0 Å². The van der Waals surface area contributed by atoms with Crippen molar-refractivity contribution in [3.05, 3.63) is 74.3 Å². The minimum atomic E-state index is -0.662. The first-order valence-corrected chi connectivity index (χ1v) is 11.6. The molecule has 5 aliphatic rings. The van der Waals surface area contributed by atoms with Crippen LogP contribution in [0.15, 0.2) is 59.1 Å². The molecular formula is C24H25N5O6. The Labute approximate surface area is 201 Å². The van der Waals surface area contributed by atoms with Gasteiger partial charge in [0.25, 0.3) is 5.69 Å². The molecule has 0 radical (unpaired) electrons. The van der Waals surface area contributed by atoms with Crippen molar-refractivity contribution in [2.24, 2.45) is 28.3 Å². The van der Waals surface area contributed by atoms with Crippen molar-refractivity contribution in [2.45, 2.75) is 25.0 Å². The van der Waals surface area contributed by atoms with Crippen LogP contribution < -0.4 is 5.43 Å². The van der Waals surface area contributed by atoms with Crippen molar-refractivity contribution in [2.75, 3.05) is 26.1 Å². The second-order valence-corrected chi connectivity index (χ2v) is 9.83. The van der Waals surface area contributed by atoms with Crippen LogP contribution in [-0.2, 0) is 9.47 Å². The Balaban J connectivity index is 1.42. The standard InChI is InChI=1S/C24H25N5O6/c1-27-10-9-24-15-5-7-17(26-25-16-6-4-14(28(30)31)12-19(16)29(32)33)23(24)35-22-20(34-2)8-3-13(21(22)24)11-18(15)27/h3-8,12-13,15,18,21,23,25H,9-11H2,1-2H3/t13?,15-,18+,21?,23-,24-/m0/s1. The molecule has 2 aliphatic heterocycles. The van der Waals surface area contributed by atoms with Gasteiger partial charge >= 0.3 is 5.69 Å². The van der Waals surface area contributed by atoms with E-state index in [1.807, 2.05) is 12.2 Å². The number of rotatable bonds is 5. The molecule has 11 heteroatoms. The molecule has 1 aromatic rings. The largest absolute Gasteiger partial charge is 0.493 e. The lowest BCUT2D eigenvalue weighted by molar-refractivity contribution is -0.393. The van der Waals surface area contributed by atoms with Gasteiger partial charge in [-0.2, -0.15) is 5.10 Å². The molecule has 2 heterocycles. The van der Waals surface area contributed by atoms with Gasteiger partial charge in [-0.15, -0.1) is 0 Å². The third-order valence-corrected chi connectivity index (χ3v) is 8.43. The zero-order valence-electron chi connectivity index (χ0n) is 19.3. The Morgan fingerprint density at radius 1 is 1.23 bits per heavy atom. The summed E-state index contributed by atoms with van der Waals surface area (Å²) in [5, 5.41) is 27.2. The maximum Gasteiger partial charge on any atom is 0.301 e. The summed E-state index contributed by atoms with van der Waals surface area (Å²) in [4.78, 5) is 23.7. The third-order valence-electron chi connectivity index (χ3n) is 8.43. The molecule has 0 amide bonds. The minimum Gasteiger partial charge on any atom is -0.493 e. The van der Waals surface area contributed by atoms with E-state index >= 15 is 0 Å². The van der Waals surface area contributed by atoms with Crippen molar-refractivity contribution in [1.29, 1.82) is 0 Å². The molecule has 182 valence electrons. The van der Waals surface area contributed by atoms with Crippen LogP contribution in [0.5, 0.6) is 0 Å². The van der Waals surface area contributed by atoms with Crippen molar-refractivity contribution in [3.8, 4) is 0 Å². The van der Waals surface area contributed by atoms with Crippen LogP contribution in [0, 0.1) is 43.4 Å². The number of benzene rings is 1. The van der Waals surface area contributed by atoms with E-state index in [1.165, 1.54) is 12.1 Å².